The van der Waals surface area contributed by atoms with E-state index in [2.05, 4.69) is 47.0 Å². The molecule has 5 nitrogen and oxygen atoms in total. The van der Waals surface area contributed by atoms with Crippen LogP contribution in [-0.2, 0) is 11.3 Å². The highest BCUT2D eigenvalue weighted by molar-refractivity contribution is 7.98. The first-order chi connectivity index (χ1) is 12.2. The first-order valence-electron chi connectivity index (χ1n) is 8.96. The first kappa shape index (κ1) is 19.9. The highest BCUT2D eigenvalue weighted by atomic mass is 32.2. The highest BCUT2D eigenvalue weighted by Gasteiger charge is 2.17. The third kappa shape index (κ3) is 7.16. The van der Waals surface area contributed by atoms with Crippen molar-refractivity contribution in [3.63, 3.8) is 0 Å². The number of nitrogens with zero attached hydrogens (tertiary/aromatic N) is 1. The third-order valence-corrected chi connectivity index (χ3v) is 4.91. The van der Waals surface area contributed by atoms with Gasteiger partial charge in [-0.3, -0.25) is 4.99 Å². The molecule has 1 atom stereocenters. The van der Waals surface area contributed by atoms with E-state index in [1.54, 1.807) is 7.05 Å². The summed E-state index contributed by atoms with van der Waals surface area (Å²) in [6.07, 6.45) is 4.35. The fourth-order valence-corrected chi connectivity index (χ4v) is 3.12. The number of benzene rings is 1. The maximum absolute atomic E-state index is 6.10. The second kappa shape index (κ2) is 11.3. The topological polar surface area (TPSA) is 54.9 Å². The molecule has 0 amide bonds. The zero-order chi connectivity index (χ0) is 17.9. The summed E-state index contributed by atoms with van der Waals surface area (Å²) in [6, 6.07) is 6.36. The van der Waals surface area contributed by atoms with E-state index in [0.717, 1.165) is 62.2 Å². The predicted molar refractivity (Wildman–Crippen MR) is 107 cm³/mol. The van der Waals surface area contributed by atoms with E-state index in [1.165, 1.54) is 5.56 Å². The van der Waals surface area contributed by atoms with Gasteiger partial charge in [0.05, 0.1) is 13.2 Å². The van der Waals surface area contributed by atoms with Crippen molar-refractivity contribution >= 4 is 17.7 Å². The molecule has 1 heterocycles. The van der Waals surface area contributed by atoms with Gasteiger partial charge >= 0.3 is 0 Å². The van der Waals surface area contributed by atoms with Crippen molar-refractivity contribution in [3.05, 3.63) is 29.3 Å². The maximum Gasteiger partial charge on any atom is 0.191 e. The van der Waals surface area contributed by atoms with Crippen LogP contribution in [0.25, 0.3) is 0 Å². The van der Waals surface area contributed by atoms with Crippen LogP contribution in [0.5, 0.6) is 5.75 Å². The largest absolute Gasteiger partial charge is 0.493 e. The molecule has 0 bridgehead atoms. The van der Waals surface area contributed by atoms with Crippen LogP contribution in [-0.4, -0.2) is 51.4 Å². The van der Waals surface area contributed by atoms with Crippen molar-refractivity contribution in [2.45, 2.75) is 26.3 Å². The van der Waals surface area contributed by atoms with Gasteiger partial charge in [0.15, 0.2) is 5.96 Å². The summed E-state index contributed by atoms with van der Waals surface area (Å²) in [7, 11) is 1.80. The number of aliphatic imine (C=N–C) groups is 1. The summed E-state index contributed by atoms with van der Waals surface area (Å²) in [5.74, 6) is 3.45. The maximum atomic E-state index is 6.10. The Morgan fingerprint density at radius 1 is 1.40 bits per heavy atom. The molecule has 1 aromatic carbocycles. The molecule has 0 saturated carbocycles. The predicted octanol–water partition coefficient (Wildman–Crippen LogP) is 2.83. The lowest BCUT2D eigenvalue weighted by Crippen LogP contribution is -2.37. The zero-order valence-corrected chi connectivity index (χ0v) is 16.5. The van der Waals surface area contributed by atoms with Crippen molar-refractivity contribution in [2.24, 2.45) is 10.9 Å². The van der Waals surface area contributed by atoms with E-state index < -0.39 is 0 Å². The minimum absolute atomic E-state index is 0.507. The Morgan fingerprint density at radius 2 is 2.28 bits per heavy atom. The number of hydrogen-bond acceptors (Lipinski definition) is 4. The Balaban J connectivity index is 1.86. The minimum atomic E-state index is 0.507. The molecule has 2 rings (SSSR count). The van der Waals surface area contributed by atoms with Crippen LogP contribution in [0.4, 0.5) is 0 Å². The van der Waals surface area contributed by atoms with Crippen molar-refractivity contribution in [3.8, 4) is 5.75 Å². The van der Waals surface area contributed by atoms with E-state index in [-0.39, 0.29) is 0 Å². The average Bonchev–Trinajstić information content (AvgIpc) is 3.14. The lowest BCUT2D eigenvalue weighted by atomic mass is 10.1. The summed E-state index contributed by atoms with van der Waals surface area (Å²) in [6.45, 7) is 6.10. The van der Waals surface area contributed by atoms with Gasteiger partial charge in [-0.05, 0) is 43.4 Å². The van der Waals surface area contributed by atoms with Crippen LogP contribution in [0, 0.1) is 12.8 Å². The second-order valence-electron chi connectivity index (χ2n) is 6.35. The fraction of sp³-hybridized carbons (Fsp3) is 0.632. The van der Waals surface area contributed by atoms with Gasteiger partial charge in [0.25, 0.3) is 0 Å². The monoisotopic (exact) mass is 365 g/mol. The van der Waals surface area contributed by atoms with Gasteiger partial charge in [-0.1, -0.05) is 12.1 Å². The van der Waals surface area contributed by atoms with Gasteiger partial charge in [-0.15, -0.1) is 0 Å². The SMILES string of the molecule is CN=C(NCCCSC)NCc1ccc(C)cc1OCC1CCOC1. The van der Waals surface area contributed by atoms with Gasteiger partial charge in [0.1, 0.15) is 5.75 Å². The Hall–Kier alpha value is -1.40. The molecular weight excluding hydrogens is 334 g/mol. The second-order valence-corrected chi connectivity index (χ2v) is 7.34. The normalized spacial score (nSPS) is 17.6. The van der Waals surface area contributed by atoms with Crippen LogP contribution >= 0.6 is 11.8 Å². The van der Waals surface area contributed by atoms with Crippen LogP contribution in [0.3, 0.4) is 0 Å². The standard InChI is InChI=1S/C19H31N3O2S/c1-15-5-6-17(12-22-19(20-2)21-8-4-10-25-3)18(11-15)24-14-16-7-9-23-13-16/h5-6,11,16H,4,7-10,12-14H2,1-3H3,(H2,20,21,22). The number of hydrogen-bond donors (Lipinski definition) is 2. The zero-order valence-electron chi connectivity index (χ0n) is 15.6. The Bertz CT molecular complexity index is 545. The Morgan fingerprint density at radius 3 is 3.00 bits per heavy atom. The van der Waals surface area contributed by atoms with E-state index >= 15 is 0 Å². The van der Waals surface area contributed by atoms with E-state index in [0.29, 0.717) is 12.5 Å². The summed E-state index contributed by atoms with van der Waals surface area (Å²) in [4.78, 5) is 4.29. The van der Waals surface area contributed by atoms with Gasteiger partial charge in [0.2, 0.25) is 0 Å². The van der Waals surface area contributed by atoms with Crippen molar-refractivity contribution in [2.75, 3.05) is 45.4 Å². The van der Waals surface area contributed by atoms with E-state index in [9.17, 15) is 0 Å². The minimum Gasteiger partial charge on any atom is -0.493 e. The van der Waals surface area contributed by atoms with Gasteiger partial charge in [0, 0.05) is 38.2 Å². The molecule has 25 heavy (non-hydrogen) atoms. The lowest BCUT2D eigenvalue weighted by molar-refractivity contribution is 0.166. The first-order valence-corrected chi connectivity index (χ1v) is 10.4. The molecule has 0 aliphatic carbocycles. The summed E-state index contributed by atoms with van der Waals surface area (Å²) >= 11 is 1.86. The average molecular weight is 366 g/mol. The molecule has 140 valence electrons. The van der Waals surface area contributed by atoms with Crippen molar-refractivity contribution in [1.29, 1.82) is 0 Å². The number of thioether (sulfide) groups is 1. The fourth-order valence-electron chi connectivity index (χ4n) is 2.69. The number of rotatable bonds is 9. The van der Waals surface area contributed by atoms with Crippen molar-refractivity contribution in [1.82, 2.24) is 10.6 Å². The quantitative estimate of drug-likeness (QED) is 0.400. The van der Waals surface area contributed by atoms with Crippen molar-refractivity contribution < 1.29 is 9.47 Å². The molecule has 0 aromatic heterocycles. The molecule has 0 radical (unpaired) electrons. The molecule has 6 heteroatoms. The van der Waals surface area contributed by atoms with Gasteiger partial charge in [-0.25, -0.2) is 0 Å². The van der Waals surface area contributed by atoms with E-state index in [4.69, 9.17) is 9.47 Å². The van der Waals surface area contributed by atoms with E-state index in [1.807, 2.05) is 11.8 Å². The molecule has 1 aromatic rings. The van der Waals surface area contributed by atoms with Crippen LogP contribution < -0.4 is 15.4 Å². The molecular formula is C19H31N3O2S. The highest BCUT2D eigenvalue weighted by Crippen LogP contribution is 2.22. The summed E-state index contributed by atoms with van der Waals surface area (Å²) < 4.78 is 11.5. The lowest BCUT2D eigenvalue weighted by Gasteiger charge is -2.17. The van der Waals surface area contributed by atoms with Gasteiger partial charge < -0.3 is 20.1 Å². The molecule has 2 N–H and O–H groups in total. The Labute approximate surface area is 156 Å². The van der Waals surface area contributed by atoms with Gasteiger partial charge in [-0.2, -0.15) is 11.8 Å². The molecule has 1 fully saturated rings. The number of nitrogens with one attached hydrogen (secondary N) is 2. The number of guanidine groups is 1. The summed E-state index contributed by atoms with van der Waals surface area (Å²) in [5, 5.41) is 6.73. The Kier molecular flexibility index (Phi) is 8.97. The molecule has 1 aliphatic heterocycles. The molecule has 1 unspecified atom stereocenters. The molecule has 1 saturated heterocycles. The summed E-state index contributed by atoms with van der Waals surface area (Å²) in [5.41, 5.74) is 2.36. The molecule has 0 spiro atoms. The molecule has 1 aliphatic rings. The van der Waals surface area contributed by atoms with Crippen LogP contribution in [0.15, 0.2) is 23.2 Å². The van der Waals surface area contributed by atoms with Crippen LogP contribution in [0.2, 0.25) is 0 Å². The third-order valence-electron chi connectivity index (χ3n) is 4.21. The number of aryl methyl sites for hydroxylation is 1. The number of ether oxygens (including phenoxy) is 2. The smallest absolute Gasteiger partial charge is 0.191 e. The van der Waals surface area contributed by atoms with Crippen LogP contribution in [0.1, 0.15) is 24.0 Å².